The molecule has 102 valence electrons. The molecule has 0 radical (unpaired) electrons. The van der Waals surface area contributed by atoms with Crippen LogP contribution < -0.4 is 4.74 Å². The topological polar surface area (TPSA) is 62.1 Å². The lowest BCUT2D eigenvalue weighted by atomic mass is 10.3. The number of thiocarbonyl (C=S) groups is 1. The van der Waals surface area contributed by atoms with Gasteiger partial charge in [-0.1, -0.05) is 0 Å². The average Bonchev–Trinajstić information content (AvgIpc) is 2.40. The summed E-state index contributed by atoms with van der Waals surface area (Å²) in [7, 11) is 0. The maximum Gasteiger partial charge on any atom is 0.407 e. The van der Waals surface area contributed by atoms with Gasteiger partial charge in [0, 0.05) is 13.1 Å². The molecule has 0 aromatic heterocycles. The van der Waals surface area contributed by atoms with E-state index in [0.717, 1.165) is 11.4 Å². The van der Waals surface area contributed by atoms with Crippen molar-refractivity contribution in [2.75, 3.05) is 19.7 Å². The molecule has 0 bridgehead atoms. The summed E-state index contributed by atoms with van der Waals surface area (Å²) in [6.07, 6.45) is -0.246. The molecule has 1 amide bonds. The van der Waals surface area contributed by atoms with E-state index in [9.17, 15) is 4.79 Å². The summed E-state index contributed by atoms with van der Waals surface area (Å²) in [6.45, 7) is 3.24. The lowest BCUT2D eigenvalue weighted by molar-refractivity contribution is 0.144. The number of carbonyl (C=O) groups is 1. The third kappa shape index (κ3) is 5.50. The maximum atomic E-state index is 10.8. The lowest BCUT2D eigenvalue weighted by Gasteiger charge is -2.16. The number of nitrogens with zero attached hydrogens (tertiary/aromatic N) is 2. The summed E-state index contributed by atoms with van der Waals surface area (Å²) in [5.41, 5.74) is 0.727. The van der Waals surface area contributed by atoms with Crippen LogP contribution in [0.1, 0.15) is 13.3 Å². The second-order valence-corrected chi connectivity index (χ2v) is 3.94. The van der Waals surface area contributed by atoms with Crippen molar-refractivity contribution < 1.29 is 14.6 Å². The van der Waals surface area contributed by atoms with Crippen LogP contribution >= 0.6 is 12.2 Å². The largest absolute Gasteiger partial charge is 0.494 e. The molecular formula is C13H16N2O3S. The van der Waals surface area contributed by atoms with Gasteiger partial charge in [-0.3, -0.25) is 0 Å². The van der Waals surface area contributed by atoms with Gasteiger partial charge in [0.15, 0.2) is 0 Å². The van der Waals surface area contributed by atoms with E-state index in [2.05, 4.69) is 22.4 Å². The predicted molar refractivity (Wildman–Crippen MR) is 76.5 cm³/mol. The van der Waals surface area contributed by atoms with E-state index < -0.39 is 6.09 Å². The predicted octanol–water partition coefficient (Wildman–Crippen LogP) is 3.19. The number of amides is 1. The summed E-state index contributed by atoms with van der Waals surface area (Å²) in [5, 5.41) is 11.1. The Balaban J connectivity index is 2.33. The van der Waals surface area contributed by atoms with Crippen LogP contribution in [0.15, 0.2) is 29.3 Å². The zero-order chi connectivity index (χ0) is 14.1. The van der Waals surface area contributed by atoms with Gasteiger partial charge in [0.2, 0.25) is 0 Å². The van der Waals surface area contributed by atoms with Crippen LogP contribution in [0, 0.1) is 0 Å². The highest BCUT2D eigenvalue weighted by molar-refractivity contribution is 7.78. The third-order valence-corrected chi connectivity index (χ3v) is 2.60. The molecule has 1 N–H and O–H groups in total. The van der Waals surface area contributed by atoms with E-state index in [4.69, 9.17) is 9.84 Å². The molecule has 0 atom stereocenters. The first-order valence-corrected chi connectivity index (χ1v) is 6.36. The Kier molecular flexibility index (Phi) is 6.57. The van der Waals surface area contributed by atoms with E-state index in [1.165, 1.54) is 4.90 Å². The van der Waals surface area contributed by atoms with Crippen LogP contribution in [0.4, 0.5) is 10.5 Å². The Hall–Kier alpha value is -1.91. The quantitative estimate of drug-likeness (QED) is 0.473. The smallest absolute Gasteiger partial charge is 0.407 e. The van der Waals surface area contributed by atoms with Gasteiger partial charge in [-0.25, -0.2) is 4.79 Å². The van der Waals surface area contributed by atoms with Crippen LogP contribution in [0.2, 0.25) is 0 Å². The Bertz CT molecular complexity index is 455. The fraction of sp³-hybridized carbons (Fsp3) is 0.385. The van der Waals surface area contributed by atoms with Gasteiger partial charge in [-0.2, -0.15) is 4.99 Å². The molecule has 6 heteroatoms. The number of hydrogen-bond donors (Lipinski definition) is 1. The van der Waals surface area contributed by atoms with Gasteiger partial charge in [0.05, 0.1) is 17.5 Å². The van der Waals surface area contributed by atoms with Crippen molar-refractivity contribution in [2.24, 2.45) is 4.99 Å². The standard InChI is InChI=1S/C13H16N2O3S/c1-2-15(13(16)17)8-3-9-18-12-6-4-11(5-7-12)14-10-19/h4-7H,2-3,8-9H2,1H3,(H,16,17). The first kappa shape index (κ1) is 15.1. The van der Waals surface area contributed by atoms with Crippen molar-refractivity contribution in [3.05, 3.63) is 24.3 Å². The monoisotopic (exact) mass is 280 g/mol. The Labute approximate surface area is 117 Å². The van der Waals surface area contributed by atoms with Gasteiger partial charge in [-0.15, -0.1) is 0 Å². The Morgan fingerprint density at radius 2 is 2.16 bits per heavy atom. The minimum absolute atomic E-state index is 0.471. The average molecular weight is 280 g/mol. The number of ether oxygens (including phenoxy) is 1. The van der Waals surface area contributed by atoms with Gasteiger partial charge in [0.1, 0.15) is 5.75 Å². The van der Waals surface area contributed by atoms with E-state index in [0.29, 0.717) is 26.1 Å². The number of hydrogen-bond acceptors (Lipinski definition) is 4. The van der Waals surface area contributed by atoms with Gasteiger partial charge in [0.25, 0.3) is 0 Å². The van der Waals surface area contributed by atoms with Crippen LogP contribution in [-0.4, -0.2) is 41.0 Å². The molecule has 0 aliphatic carbocycles. The van der Waals surface area contributed by atoms with Crippen molar-refractivity contribution in [3.63, 3.8) is 0 Å². The van der Waals surface area contributed by atoms with Crippen LogP contribution in [0.5, 0.6) is 5.75 Å². The number of aliphatic imine (C=N–C) groups is 1. The number of isothiocyanates is 1. The molecular weight excluding hydrogens is 264 g/mol. The van der Waals surface area contributed by atoms with Crippen molar-refractivity contribution in [2.45, 2.75) is 13.3 Å². The zero-order valence-electron chi connectivity index (χ0n) is 10.7. The molecule has 1 aromatic carbocycles. The van der Waals surface area contributed by atoms with E-state index >= 15 is 0 Å². The van der Waals surface area contributed by atoms with E-state index in [1.807, 2.05) is 6.92 Å². The van der Waals surface area contributed by atoms with Crippen molar-refractivity contribution in [1.29, 1.82) is 0 Å². The molecule has 0 aliphatic rings. The molecule has 0 heterocycles. The van der Waals surface area contributed by atoms with Crippen LogP contribution in [0.3, 0.4) is 0 Å². The SMILES string of the molecule is CCN(CCCOc1ccc(N=C=S)cc1)C(=O)O. The molecule has 1 aromatic rings. The fourth-order valence-corrected chi connectivity index (χ4v) is 1.61. The lowest BCUT2D eigenvalue weighted by Crippen LogP contribution is -2.30. The first-order chi connectivity index (χ1) is 9.17. The van der Waals surface area contributed by atoms with Gasteiger partial charge >= 0.3 is 6.09 Å². The Morgan fingerprint density at radius 3 is 2.68 bits per heavy atom. The summed E-state index contributed by atoms with van der Waals surface area (Å²) in [6, 6.07) is 7.15. The molecule has 0 unspecified atom stereocenters. The Morgan fingerprint density at radius 1 is 1.47 bits per heavy atom. The van der Waals surface area contributed by atoms with Crippen LogP contribution in [0.25, 0.3) is 0 Å². The minimum atomic E-state index is -0.898. The van der Waals surface area contributed by atoms with Crippen LogP contribution in [-0.2, 0) is 0 Å². The summed E-state index contributed by atoms with van der Waals surface area (Å²) in [5.74, 6) is 0.724. The maximum absolute atomic E-state index is 10.8. The molecule has 5 nitrogen and oxygen atoms in total. The molecule has 0 aliphatic heterocycles. The highest BCUT2D eigenvalue weighted by Gasteiger charge is 2.07. The number of carboxylic acid groups (broad SMARTS) is 1. The number of rotatable bonds is 7. The van der Waals surface area contributed by atoms with Crippen molar-refractivity contribution in [1.82, 2.24) is 4.90 Å². The number of benzene rings is 1. The molecule has 19 heavy (non-hydrogen) atoms. The fourth-order valence-electron chi connectivity index (χ4n) is 1.50. The molecule has 1 rings (SSSR count). The first-order valence-electron chi connectivity index (χ1n) is 5.96. The highest BCUT2D eigenvalue weighted by atomic mass is 32.1. The second kappa shape index (κ2) is 8.24. The summed E-state index contributed by atoms with van der Waals surface area (Å²) >= 11 is 4.51. The summed E-state index contributed by atoms with van der Waals surface area (Å²) < 4.78 is 5.51. The van der Waals surface area contributed by atoms with E-state index in [-0.39, 0.29) is 0 Å². The second-order valence-electron chi connectivity index (χ2n) is 3.76. The zero-order valence-corrected chi connectivity index (χ0v) is 11.5. The normalized spacial score (nSPS) is 9.53. The highest BCUT2D eigenvalue weighted by Crippen LogP contribution is 2.17. The van der Waals surface area contributed by atoms with Crippen molar-refractivity contribution in [3.8, 4) is 5.75 Å². The third-order valence-electron chi connectivity index (χ3n) is 2.50. The molecule has 0 saturated carbocycles. The van der Waals surface area contributed by atoms with Gasteiger partial charge in [-0.05, 0) is 49.8 Å². The van der Waals surface area contributed by atoms with E-state index in [1.54, 1.807) is 24.3 Å². The molecule has 0 fully saturated rings. The molecule has 0 saturated heterocycles. The minimum Gasteiger partial charge on any atom is -0.494 e. The summed E-state index contributed by atoms with van der Waals surface area (Å²) in [4.78, 5) is 15.9. The van der Waals surface area contributed by atoms with Gasteiger partial charge < -0.3 is 14.7 Å². The van der Waals surface area contributed by atoms with Crippen molar-refractivity contribution >= 4 is 29.2 Å². The molecule has 0 spiro atoms.